The van der Waals surface area contributed by atoms with Crippen molar-refractivity contribution < 1.29 is 0 Å². The van der Waals surface area contributed by atoms with Crippen molar-refractivity contribution in [3.8, 4) is 5.69 Å². The molecule has 1 aliphatic heterocycles. The minimum absolute atomic E-state index is 0.597. The predicted molar refractivity (Wildman–Crippen MR) is 104 cm³/mol. The third-order valence-electron chi connectivity index (χ3n) is 5.09. The summed E-state index contributed by atoms with van der Waals surface area (Å²) >= 11 is 0. The Bertz CT molecular complexity index is 709. The van der Waals surface area contributed by atoms with E-state index in [2.05, 4.69) is 66.5 Å². The number of nitrogens with zero attached hydrogens (tertiary/aromatic N) is 3. The second-order valence-electron chi connectivity index (χ2n) is 7.29. The Hall–Kier alpha value is -1.91. The van der Waals surface area contributed by atoms with Gasteiger partial charge < -0.3 is 5.32 Å². The number of piperidine rings is 1. The summed E-state index contributed by atoms with van der Waals surface area (Å²) in [6.07, 6.45) is 2.41. The molecule has 25 heavy (non-hydrogen) atoms. The molecule has 2 aromatic rings. The summed E-state index contributed by atoms with van der Waals surface area (Å²) in [7, 11) is 0. The van der Waals surface area contributed by atoms with E-state index in [1.54, 1.807) is 0 Å². The lowest BCUT2D eigenvalue weighted by molar-refractivity contribution is 0.211. The summed E-state index contributed by atoms with van der Waals surface area (Å²) < 4.78 is 2.06. The van der Waals surface area contributed by atoms with Gasteiger partial charge in [-0.05, 0) is 58.8 Å². The average Bonchev–Trinajstić information content (AvgIpc) is 2.89. The normalized spacial score (nSPS) is 16.3. The van der Waals surface area contributed by atoms with Gasteiger partial charge in [0.2, 0.25) is 0 Å². The zero-order valence-electron chi connectivity index (χ0n) is 15.8. The number of likely N-dealkylation sites (tertiary alicyclic amines) is 1. The van der Waals surface area contributed by atoms with Gasteiger partial charge in [0.25, 0.3) is 0 Å². The van der Waals surface area contributed by atoms with Crippen LogP contribution in [0.4, 0.5) is 0 Å². The van der Waals surface area contributed by atoms with Crippen LogP contribution in [0, 0.1) is 13.8 Å². The van der Waals surface area contributed by atoms with Crippen molar-refractivity contribution >= 4 is 0 Å². The van der Waals surface area contributed by atoms with Crippen molar-refractivity contribution in [2.75, 3.05) is 19.6 Å². The van der Waals surface area contributed by atoms with E-state index in [-0.39, 0.29) is 0 Å². The van der Waals surface area contributed by atoms with Crippen LogP contribution in [0.25, 0.3) is 5.69 Å². The van der Waals surface area contributed by atoms with E-state index in [0.29, 0.717) is 6.04 Å². The van der Waals surface area contributed by atoms with E-state index in [0.717, 1.165) is 37.6 Å². The predicted octanol–water partition coefficient (Wildman–Crippen LogP) is 3.62. The van der Waals surface area contributed by atoms with Crippen molar-refractivity contribution in [2.24, 2.45) is 0 Å². The summed E-state index contributed by atoms with van der Waals surface area (Å²) in [5, 5.41) is 8.50. The summed E-state index contributed by atoms with van der Waals surface area (Å²) in [6, 6.07) is 11.0. The molecule has 0 spiro atoms. The van der Waals surface area contributed by atoms with Crippen molar-refractivity contribution in [1.29, 1.82) is 0 Å². The Kier molecular flexibility index (Phi) is 5.71. The molecule has 0 saturated carbocycles. The van der Waals surface area contributed by atoms with Gasteiger partial charge in [-0.25, -0.2) is 4.68 Å². The Morgan fingerprint density at radius 2 is 1.88 bits per heavy atom. The number of nitrogens with one attached hydrogen (secondary N) is 1. The first-order valence-corrected chi connectivity index (χ1v) is 9.25. The molecule has 1 N–H and O–H groups in total. The molecule has 1 aromatic carbocycles. The van der Waals surface area contributed by atoms with E-state index in [4.69, 9.17) is 5.10 Å². The summed E-state index contributed by atoms with van der Waals surface area (Å²) in [5.74, 6) is 0. The Morgan fingerprint density at radius 1 is 1.20 bits per heavy atom. The number of aryl methyl sites for hydroxylation is 1. The molecule has 1 saturated heterocycles. The van der Waals surface area contributed by atoms with Crippen molar-refractivity contribution in [1.82, 2.24) is 20.0 Å². The van der Waals surface area contributed by atoms with Crippen LogP contribution in [0.15, 0.2) is 42.5 Å². The van der Waals surface area contributed by atoms with Crippen LogP contribution >= 0.6 is 0 Å². The highest BCUT2D eigenvalue weighted by molar-refractivity contribution is 5.36. The Morgan fingerprint density at radius 3 is 2.52 bits per heavy atom. The number of para-hydroxylation sites is 1. The van der Waals surface area contributed by atoms with Gasteiger partial charge in [-0.2, -0.15) is 5.10 Å². The van der Waals surface area contributed by atoms with Gasteiger partial charge in [0.15, 0.2) is 0 Å². The highest BCUT2D eigenvalue weighted by Crippen LogP contribution is 2.19. The molecule has 0 bridgehead atoms. The topological polar surface area (TPSA) is 33.1 Å². The second-order valence-corrected chi connectivity index (χ2v) is 7.29. The third kappa shape index (κ3) is 4.39. The standard InChI is InChI=1S/C21H30N4/c1-16(2)15-24-12-10-19(11-13-24)22-14-21-17(3)23-25(18(21)4)20-8-6-5-7-9-20/h5-9,19,22H,1,10-15H2,2-4H3. The molecule has 0 radical (unpaired) electrons. The van der Waals surface area contributed by atoms with E-state index in [9.17, 15) is 0 Å². The Labute approximate surface area is 151 Å². The lowest BCUT2D eigenvalue weighted by atomic mass is 10.0. The fourth-order valence-corrected chi connectivity index (χ4v) is 3.67. The largest absolute Gasteiger partial charge is 0.310 e. The molecule has 1 aromatic heterocycles. The summed E-state index contributed by atoms with van der Waals surface area (Å²) in [5.41, 5.74) is 6.06. The van der Waals surface area contributed by atoms with Crippen LogP contribution in [0.2, 0.25) is 0 Å². The molecule has 2 heterocycles. The molecule has 0 aliphatic carbocycles. The average molecular weight is 338 g/mol. The maximum atomic E-state index is 4.75. The molecule has 0 atom stereocenters. The molecular formula is C21H30N4. The molecule has 4 nitrogen and oxygen atoms in total. The first kappa shape index (κ1) is 17.9. The number of hydrogen-bond donors (Lipinski definition) is 1. The van der Waals surface area contributed by atoms with Gasteiger partial charge in [-0.3, -0.25) is 4.90 Å². The van der Waals surface area contributed by atoms with Gasteiger partial charge in [0.1, 0.15) is 0 Å². The fourth-order valence-electron chi connectivity index (χ4n) is 3.67. The Balaban J connectivity index is 1.59. The van der Waals surface area contributed by atoms with Crippen LogP contribution in [-0.4, -0.2) is 40.4 Å². The second kappa shape index (κ2) is 7.98. The third-order valence-corrected chi connectivity index (χ3v) is 5.09. The molecule has 1 aliphatic rings. The first-order chi connectivity index (χ1) is 12.0. The molecule has 134 valence electrons. The number of aromatic nitrogens is 2. The monoisotopic (exact) mass is 338 g/mol. The highest BCUT2D eigenvalue weighted by Gasteiger charge is 2.20. The molecule has 3 rings (SSSR count). The zero-order valence-corrected chi connectivity index (χ0v) is 15.8. The lowest BCUT2D eigenvalue weighted by Gasteiger charge is -2.32. The van der Waals surface area contributed by atoms with E-state index < -0.39 is 0 Å². The van der Waals surface area contributed by atoms with Gasteiger partial charge in [-0.15, -0.1) is 0 Å². The fraction of sp³-hybridized carbons (Fsp3) is 0.476. The van der Waals surface area contributed by atoms with Crippen molar-refractivity contribution in [2.45, 2.75) is 46.2 Å². The number of rotatable bonds is 6. The van der Waals surface area contributed by atoms with E-state index in [1.807, 2.05) is 6.07 Å². The zero-order chi connectivity index (χ0) is 17.8. The van der Waals surface area contributed by atoms with Crippen LogP contribution in [0.5, 0.6) is 0 Å². The summed E-state index contributed by atoms with van der Waals surface area (Å²) in [4.78, 5) is 2.50. The van der Waals surface area contributed by atoms with Gasteiger partial charge in [-0.1, -0.05) is 30.4 Å². The molecule has 0 unspecified atom stereocenters. The van der Waals surface area contributed by atoms with Crippen molar-refractivity contribution in [3.63, 3.8) is 0 Å². The number of hydrogen-bond acceptors (Lipinski definition) is 3. The molecule has 1 fully saturated rings. The van der Waals surface area contributed by atoms with Crippen LogP contribution in [-0.2, 0) is 6.54 Å². The van der Waals surface area contributed by atoms with Crippen LogP contribution in [0.3, 0.4) is 0 Å². The lowest BCUT2D eigenvalue weighted by Crippen LogP contribution is -2.42. The maximum absolute atomic E-state index is 4.75. The van der Waals surface area contributed by atoms with Crippen LogP contribution < -0.4 is 5.32 Å². The number of benzene rings is 1. The SMILES string of the molecule is C=C(C)CN1CCC(NCc2c(C)nn(-c3ccccc3)c2C)CC1. The van der Waals surface area contributed by atoms with Gasteiger partial charge in [0.05, 0.1) is 11.4 Å². The summed E-state index contributed by atoms with van der Waals surface area (Å²) in [6.45, 7) is 14.7. The van der Waals surface area contributed by atoms with Gasteiger partial charge >= 0.3 is 0 Å². The minimum atomic E-state index is 0.597. The minimum Gasteiger partial charge on any atom is -0.310 e. The molecule has 0 amide bonds. The first-order valence-electron chi connectivity index (χ1n) is 9.25. The van der Waals surface area contributed by atoms with Crippen LogP contribution in [0.1, 0.15) is 36.7 Å². The van der Waals surface area contributed by atoms with E-state index in [1.165, 1.54) is 29.7 Å². The molecule has 4 heteroatoms. The van der Waals surface area contributed by atoms with E-state index >= 15 is 0 Å². The van der Waals surface area contributed by atoms with Crippen molar-refractivity contribution in [3.05, 3.63) is 59.4 Å². The van der Waals surface area contributed by atoms with Gasteiger partial charge in [0, 0.05) is 30.4 Å². The molecular weight excluding hydrogens is 308 g/mol. The smallest absolute Gasteiger partial charge is 0.0648 e. The maximum Gasteiger partial charge on any atom is 0.0648 e. The quantitative estimate of drug-likeness (QED) is 0.817. The highest BCUT2D eigenvalue weighted by atomic mass is 15.3.